The summed E-state index contributed by atoms with van der Waals surface area (Å²) >= 11 is 6.12. The van der Waals surface area contributed by atoms with E-state index in [0.717, 1.165) is 36.2 Å². The molecule has 4 rings (SSSR count). The van der Waals surface area contributed by atoms with E-state index in [-0.39, 0.29) is 12.2 Å². The Morgan fingerprint density at radius 3 is 2.41 bits per heavy atom. The summed E-state index contributed by atoms with van der Waals surface area (Å²) in [5, 5.41) is 5.53. The van der Waals surface area contributed by atoms with Crippen molar-refractivity contribution in [3.63, 3.8) is 0 Å². The van der Waals surface area contributed by atoms with Crippen LogP contribution in [0.5, 0.6) is 5.88 Å². The molecule has 0 atom stereocenters. The number of benzene rings is 2. The van der Waals surface area contributed by atoms with Gasteiger partial charge >= 0.3 is 6.09 Å². The number of rotatable bonds is 5. The quantitative estimate of drug-likeness (QED) is 0.415. The summed E-state index contributed by atoms with van der Waals surface area (Å²) in [7, 11) is 0. The third-order valence-electron chi connectivity index (χ3n) is 5.81. The fraction of sp³-hybridized carbons (Fsp3) is 0.407. The maximum absolute atomic E-state index is 12.4. The number of para-hydroxylation sites is 1. The molecule has 0 bridgehead atoms. The Morgan fingerprint density at radius 2 is 1.76 bits per heavy atom. The van der Waals surface area contributed by atoms with Gasteiger partial charge in [0.1, 0.15) is 11.7 Å². The zero-order valence-corrected chi connectivity index (χ0v) is 21.0. The number of halogens is 1. The smallest absolute Gasteiger partial charge is 0.410 e. The van der Waals surface area contributed by atoms with Crippen molar-refractivity contribution in [3.05, 3.63) is 65.2 Å². The molecule has 1 aliphatic heterocycles. The molecule has 0 N–H and O–H groups in total. The largest absolute Gasteiger partial charge is 0.473 e. The second-order valence-corrected chi connectivity index (χ2v) is 9.99. The molecular formula is C27H32ClN3O3. The highest BCUT2D eigenvalue weighted by Crippen LogP contribution is 2.31. The molecule has 1 aromatic heterocycles. The van der Waals surface area contributed by atoms with Crippen molar-refractivity contribution < 1.29 is 14.3 Å². The lowest BCUT2D eigenvalue weighted by atomic mass is 10.1. The van der Waals surface area contributed by atoms with Gasteiger partial charge in [0.05, 0.1) is 11.4 Å². The van der Waals surface area contributed by atoms with Crippen molar-refractivity contribution in [3.8, 4) is 22.8 Å². The normalized spacial score (nSPS) is 14.8. The summed E-state index contributed by atoms with van der Waals surface area (Å²) in [5.74, 6) is 0.576. The highest BCUT2D eigenvalue weighted by molar-refractivity contribution is 6.30. The number of aromatic nitrogens is 2. The number of hydrogen-bond donors (Lipinski definition) is 0. The number of aryl methyl sites for hydroxylation is 1. The number of carbonyl (C=O) groups excluding carboxylic acids is 1. The van der Waals surface area contributed by atoms with E-state index in [9.17, 15) is 4.79 Å². The second kappa shape index (κ2) is 10.1. The van der Waals surface area contributed by atoms with Gasteiger partial charge in [-0.25, -0.2) is 9.48 Å². The first-order valence-corrected chi connectivity index (χ1v) is 12.2. The van der Waals surface area contributed by atoms with Gasteiger partial charge in [-0.3, -0.25) is 0 Å². The van der Waals surface area contributed by atoms with Gasteiger partial charge in [0.25, 0.3) is 0 Å². The van der Waals surface area contributed by atoms with E-state index in [1.54, 1.807) is 4.90 Å². The van der Waals surface area contributed by atoms with Gasteiger partial charge in [-0.15, -0.1) is 5.10 Å². The van der Waals surface area contributed by atoms with Crippen LogP contribution in [-0.2, 0) is 11.2 Å². The summed E-state index contributed by atoms with van der Waals surface area (Å²) < 4.78 is 13.8. The molecule has 0 radical (unpaired) electrons. The first kappa shape index (κ1) is 24.1. The molecule has 1 saturated heterocycles. The Morgan fingerprint density at radius 1 is 1.09 bits per heavy atom. The molecule has 3 aromatic rings. The lowest BCUT2D eigenvalue weighted by Crippen LogP contribution is -2.44. The Hall–Kier alpha value is -2.99. The summed E-state index contributed by atoms with van der Waals surface area (Å²) in [4.78, 5) is 14.1. The number of hydrogen-bond acceptors (Lipinski definition) is 4. The number of piperidine rings is 1. The minimum absolute atomic E-state index is 0.0125. The van der Waals surface area contributed by atoms with Crippen LogP contribution in [0.2, 0.25) is 5.02 Å². The van der Waals surface area contributed by atoms with Gasteiger partial charge in [-0.2, -0.15) is 0 Å². The minimum Gasteiger partial charge on any atom is -0.473 e. The Kier molecular flexibility index (Phi) is 7.17. The summed E-state index contributed by atoms with van der Waals surface area (Å²) in [6, 6.07) is 18.0. The fourth-order valence-electron chi connectivity index (χ4n) is 4.10. The van der Waals surface area contributed by atoms with Crippen LogP contribution in [0.25, 0.3) is 16.9 Å². The monoisotopic (exact) mass is 481 g/mol. The van der Waals surface area contributed by atoms with E-state index in [2.05, 4.69) is 19.1 Å². The standard InChI is InChI=1S/C27H32ClN3O3/c1-5-19-8-6-7-9-23(19)31-24(20-10-12-21(28)13-11-20)18-25(29-31)33-22-14-16-30(17-15-22)26(32)34-27(2,3)4/h6-13,18,22H,5,14-17H2,1-4H3. The number of amides is 1. The minimum atomic E-state index is -0.496. The Balaban J connectivity index is 1.54. The molecule has 0 aliphatic carbocycles. The number of ether oxygens (including phenoxy) is 2. The van der Waals surface area contributed by atoms with Crippen molar-refractivity contribution in [1.82, 2.24) is 14.7 Å². The van der Waals surface area contributed by atoms with E-state index in [1.807, 2.05) is 67.9 Å². The van der Waals surface area contributed by atoms with E-state index in [4.69, 9.17) is 26.2 Å². The SMILES string of the molecule is CCc1ccccc1-n1nc(OC2CCN(C(=O)OC(C)(C)C)CC2)cc1-c1ccc(Cl)cc1. The average Bonchev–Trinajstić information content (AvgIpc) is 3.22. The van der Waals surface area contributed by atoms with Crippen molar-refractivity contribution >= 4 is 17.7 Å². The van der Waals surface area contributed by atoms with Gasteiger partial charge in [0.15, 0.2) is 0 Å². The molecule has 1 fully saturated rings. The van der Waals surface area contributed by atoms with Crippen LogP contribution in [0.15, 0.2) is 54.6 Å². The van der Waals surface area contributed by atoms with E-state index in [1.165, 1.54) is 5.56 Å². The molecule has 0 unspecified atom stereocenters. The van der Waals surface area contributed by atoms with Crippen LogP contribution in [0.3, 0.4) is 0 Å². The van der Waals surface area contributed by atoms with E-state index in [0.29, 0.717) is 24.0 Å². The van der Waals surface area contributed by atoms with Crippen molar-refractivity contribution in [1.29, 1.82) is 0 Å². The maximum atomic E-state index is 12.4. The van der Waals surface area contributed by atoms with E-state index < -0.39 is 5.60 Å². The van der Waals surface area contributed by atoms with Crippen molar-refractivity contribution in [2.24, 2.45) is 0 Å². The van der Waals surface area contributed by atoms with Gasteiger partial charge in [0, 0.05) is 42.6 Å². The lowest BCUT2D eigenvalue weighted by Gasteiger charge is -2.33. The fourth-order valence-corrected chi connectivity index (χ4v) is 4.22. The maximum Gasteiger partial charge on any atom is 0.410 e. The highest BCUT2D eigenvalue weighted by Gasteiger charge is 2.28. The second-order valence-electron chi connectivity index (χ2n) is 9.55. The molecule has 0 spiro atoms. The zero-order chi connectivity index (χ0) is 24.3. The van der Waals surface area contributed by atoms with Crippen LogP contribution in [0.4, 0.5) is 4.79 Å². The summed E-state index contributed by atoms with van der Waals surface area (Å²) in [6.07, 6.45) is 2.08. The van der Waals surface area contributed by atoms with Gasteiger partial charge in [-0.1, -0.05) is 48.9 Å². The van der Waals surface area contributed by atoms with Crippen molar-refractivity contribution in [2.45, 2.75) is 58.7 Å². The van der Waals surface area contributed by atoms with Crippen LogP contribution >= 0.6 is 11.6 Å². The molecule has 1 aliphatic rings. The Labute approximate surface area is 206 Å². The first-order valence-electron chi connectivity index (χ1n) is 11.8. The van der Waals surface area contributed by atoms with Gasteiger partial charge < -0.3 is 14.4 Å². The zero-order valence-electron chi connectivity index (χ0n) is 20.3. The predicted octanol–water partition coefficient (Wildman–Crippen LogP) is 6.53. The third-order valence-corrected chi connectivity index (χ3v) is 6.06. The predicted molar refractivity (Wildman–Crippen MR) is 135 cm³/mol. The highest BCUT2D eigenvalue weighted by atomic mass is 35.5. The molecule has 7 heteroatoms. The van der Waals surface area contributed by atoms with Gasteiger partial charge in [0.2, 0.25) is 5.88 Å². The molecule has 6 nitrogen and oxygen atoms in total. The van der Waals surface area contributed by atoms with Crippen LogP contribution in [-0.4, -0.2) is 45.6 Å². The lowest BCUT2D eigenvalue weighted by molar-refractivity contribution is 0.0123. The van der Waals surface area contributed by atoms with Gasteiger partial charge in [-0.05, 0) is 51.0 Å². The molecule has 180 valence electrons. The Bertz CT molecular complexity index is 1130. The average molecular weight is 482 g/mol. The molecule has 0 saturated carbocycles. The number of carbonyl (C=O) groups is 1. The van der Waals surface area contributed by atoms with Crippen LogP contribution in [0, 0.1) is 0 Å². The molecule has 2 heterocycles. The summed E-state index contributed by atoms with van der Waals surface area (Å²) in [6.45, 7) is 8.98. The topological polar surface area (TPSA) is 56.6 Å². The van der Waals surface area contributed by atoms with E-state index >= 15 is 0 Å². The molecule has 1 amide bonds. The number of likely N-dealkylation sites (tertiary alicyclic amines) is 1. The molecule has 34 heavy (non-hydrogen) atoms. The molecule has 2 aromatic carbocycles. The number of nitrogens with zero attached hydrogens (tertiary/aromatic N) is 3. The van der Waals surface area contributed by atoms with Crippen molar-refractivity contribution in [2.75, 3.05) is 13.1 Å². The first-order chi connectivity index (χ1) is 16.2. The van der Waals surface area contributed by atoms with Crippen LogP contribution in [0.1, 0.15) is 46.1 Å². The van der Waals surface area contributed by atoms with Crippen LogP contribution < -0.4 is 4.74 Å². The summed E-state index contributed by atoms with van der Waals surface area (Å²) in [5.41, 5.74) is 3.70. The molecular weight excluding hydrogens is 450 g/mol. The third kappa shape index (κ3) is 5.73.